The largest absolute Gasteiger partial charge is 0.359 e. The van der Waals surface area contributed by atoms with Gasteiger partial charge in [-0.05, 0) is 31.6 Å². The first-order valence-corrected chi connectivity index (χ1v) is 6.37. The van der Waals surface area contributed by atoms with E-state index in [0.717, 1.165) is 25.7 Å². The van der Waals surface area contributed by atoms with E-state index in [2.05, 4.69) is 5.32 Å². The van der Waals surface area contributed by atoms with Crippen molar-refractivity contribution in [2.24, 2.45) is 11.8 Å². The van der Waals surface area contributed by atoms with Gasteiger partial charge >= 0.3 is 0 Å². The van der Waals surface area contributed by atoms with Crippen molar-refractivity contribution >= 4 is 17.7 Å². The van der Waals surface area contributed by atoms with Crippen molar-refractivity contribution in [1.29, 1.82) is 0 Å². The third kappa shape index (κ3) is 2.60. The fraction of sp³-hybridized carbons (Fsp3) is 0.615. The zero-order chi connectivity index (χ0) is 13.1. The summed E-state index contributed by atoms with van der Waals surface area (Å²) in [6.07, 6.45) is 6.11. The average molecular weight is 250 g/mol. The number of imide groups is 1. The van der Waals surface area contributed by atoms with Gasteiger partial charge in [0.05, 0.1) is 0 Å². The molecule has 1 N–H and O–H groups in total. The summed E-state index contributed by atoms with van der Waals surface area (Å²) in [5.74, 6) is 0.0957. The smallest absolute Gasteiger partial charge is 0.253 e. The standard InChI is InChI=1S/C13H18N2O3/c1-14-13(18)10-4-2-9(3-5-10)8-15-11(16)6-7-12(15)17/h6-7,9-10H,2-5,8H2,1H3,(H,14,18). The molecule has 1 heterocycles. The molecule has 0 aromatic carbocycles. The van der Waals surface area contributed by atoms with Crippen LogP contribution in [0.3, 0.4) is 0 Å². The van der Waals surface area contributed by atoms with E-state index in [0.29, 0.717) is 12.5 Å². The number of nitrogens with zero attached hydrogens (tertiary/aromatic N) is 1. The highest BCUT2D eigenvalue weighted by atomic mass is 16.2. The first-order chi connectivity index (χ1) is 8.61. The number of hydrogen-bond donors (Lipinski definition) is 1. The van der Waals surface area contributed by atoms with Crippen molar-refractivity contribution in [3.05, 3.63) is 12.2 Å². The van der Waals surface area contributed by atoms with Gasteiger partial charge in [0.1, 0.15) is 0 Å². The van der Waals surface area contributed by atoms with Gasteiger partial charge in [0.2, 0.25) is 5.91 Å². The van der Waals surface area contributed by atoms with Gasteiger partial charge in [-0.3, -0.25) is 19.3 Å². The molecule has 1 aliphatic carbocycles. The molecule has 98 valence electrons. The van der Waals surface area contributed by atoms with Crippen molar-refractivity contribution in [1.82, 2.24) is 10.2 Å². The third-order valence-electron chi connectivity index (χ3n) is 3.81. The van der Waals surface area contributed by atoms with E-state index in [-0.39, 0.29) is 23.6 Å². The minimum atomic E-state index is -0.214. The summed E-state index contributed by atoms with van der Waals surface area (Å²) < 4.78 is 0. The maximum absolute atomic E-state index is 11.5. The number of amides is 3. The van der Waals surface area contributed by atoms with Gasteiger partial charge < -0.3 is 5.32 Å². The molecule has 0 aromatic rings. The maximum Gasteiger partial charge on any atom is 0.253 e. The Morgan fingerprint density at radius 2 is 1.78 bits per heavy atom. The van der Waals surface area contributed by atoms with E-state index in [1.165, 1.54) is 17.1 Å². The zero-order valence-electron chi connectivity index (χ0n) is 10.5. The van der Waals surface area contributed by atoms with Crippen LogP contribution >= 0.6 is 0 Å². The Kier molecular flexibility index (Phi) is 3.79. The number of rotatable bonds is 3. The lowest BCUT2D eigenvalue weighted by atomic mass is 9.81. The molecule has 1 fully saturated rings. The fourth-order valence-corrected chi connectivity index (χ4v) is 2.68. The predicted octanol–water partition coefficient (Wildman–Crippen LogP) is 0.464. The molecule has 18 heavy (non-hydrogen) atoms. The highest BCUT2D eigenvalue weighted by molar-refractivity contribution is 6.12. The Hall–Kier alpha value is -1.65. The van der Waals surface area contributed by atoms with Gasteiger partial charge in [-0.15, -0.1) is 0 Å². The molecule has 0 aromatic heterocycles. The summed E-state index contributed by atoms with van der Waals surface area (Å²) in [5, 5.41) is 2.67. The second kappa shape index (κ2) is 5.33. The van der Waals surface area contributed by atoms with E-state index in [1.54, 1.807) is 7.05 Å². The Balaban J connectivity index is 1.82. The van der Waals surface area contributed by atoms with Crippen LogP contribution in [0.25, 0.3) is 0 Å². The molecule has 0 saturated heterocycles. The fourth-order valence-electron chi connectivity index (χ4n) is 2.68. The Morgan fingerprint density at radius 1 is 1.22 bits per heavy atom. The minimum absolute atomic E-state index is 0.0920. The summed E-state index contributed by atoms with van der Waals surface area (Å²) in [6, 6.07) is 0. The van der Waals surface area contributed by atoms with E-state index in [1.807, 2.05) is 0 Å². The van der Waals surface area contributed by atoms with Crippen LogP contribution in [0.4, 0.5) is 0 Å². The Labute approximate surface area is 106 Å². The van der Waals surface area contributed by atoms with Gasteiger partial charge in [-0.2, -0.15) is 0 Å². The van der Waals surface area contributed by atoms with Crippen LogP contribution in [0, 0.1) is 11.8 Å². The molecule has 5 nitrogen and oxygen atoms in total. The first-order valence-electron chi connectivity index (χ1n) is 6.37. The summed E-state index contributed by atoms with van der Waals surface area (Å²) >= 11 is 0. The maximum atomic E-state index is 11.5. The first kappa shape index (κ1) is 12.8. The topological polar surface area (TPSA) is 66.5 Å². The number of nitrogens with one attached hydrogen (secondary N) is 1. The van der Waals surface area contributed by atoms with Crippen LogP contribution in [0.5, 0.6) is 0 Å². The van der Waals surface area contributed by atoms with Gasteiger partial charge in [0.25, 0.3) is 11.8 Å². The second-order valence-electron chi connectivity index (χ2n) is 4.95. The van der Waals surface area contributed by atoms with Crippen molar-refractivity contribution in [3.8, 4) is 0 Å². The van der Waals surface area contributed by atoms with Gasteiger partial charge in [-0.1, -0.05) is 0 Å². The van der Waals surface area contributed by atoms with Crippen molar-refractivity contribution in [2.75, 3.05) is 13.6 Å². The van der Waals surface area contributed by atoms with Crippen LogP contribution in [0.2, 0.25) is 0 Å². The van der Waals surface area contributed by atoms with E-state index < -0.39 is 0 Å². The summed E-state index contributed by atoms with van der Waals surface area (Å²) in [7, 11) is 1.65. The predicted molar refractivity (Wildman–Crippen MR) is 65.4 cm³/mol. The lowest BCUT2D eigenvalue weighted by Gasteiger charge is -2.29. The lowest BCUT2D eigenvalue weighted by molar-refractivity contribution is -0.138. The molecule has 0 atom stereocenters. The zero-order valence-corrected chi connectivity index (χ0v) is 10.5. The van der Waals surface area contributed by atoms with Gasteiger partial charge in [-0.25, -0.2) is 0 Å². The number of carbonyl (C=O) groups excluding carboxylic acids is 3. The Bertz CT molecular complexity index is 377. The highest BCUT2D eigenvalue weighted by Crippen LogP contribution is 2.29. The van der Waals surface area contributed by atoms with Crippen molar-refractivity contribution < 1.29 is 14.4 Å². The molecule has 1 aliphatic heterocycles. The van der Waals surface area contributed by atoms with Crippen LogP contribution in [0.15, 0.2) is 12.2 Å². The molecule has 2 aliphatic rings. The molecule has 1 saturated carbocycles. The molecular weight excluding hydrogens is 232 g/mol. The van der Waals surface area contributed by atoms with Gasteiger partial charge in [0, 0.05) is 31.7 Å². The molecule has 0 unspecified atom stereocenters. The monoisotopic (exact) mass is 250 g/mol. The number of hydrogen-bond acceptors (Lipinski definition) is 3. The highest BCUT2D eigenvalue weighted by Gasteiger charge is 2.30. The Morgan fingerprint density at radius 3 is 2.28 bits per heavy atom. The van der Waals surface area contributed by atoms with Crippen LogP contribution < -0.4 is 5.32 Å². The summed E-state index contributed by atoms with van der Waals surface area (Å²) in [4.78, 5) is 35.6. The molecule has 0 spiro atoms. The quantitative estimate of drug-likeness (QED) is 0.740. The lowest BCUT2D eigenvalue weighted by Crippen LogP contribution is -2.37. The van der Waals surface area contributed by atoms with Crippen molar-refractivity contribution in [3.63, 3.8) is 0 Å². The van der Waals surface area contributed by atoms with Crippen LogP contribution in [0.1, 0.15) is 25.7 Å². The minimum Gasteiger partial charge on any atom is -0.359 e. The van der Waals surface area contributed by atoms with Gasteiger partial charge in [0.15, 0.2) is 0 Å². The average Bonchev–Trinajstić information content (AvgIpc) is 2.70. The molecule has 3 amide bonds. The molecule has 0 radical (unpaired) electrons. The third-order valence-corrected chi connectivity index (χ3v) is 3.81. The number of carbonyl (C=O) groups is 3. The normalized spacial score (nSPS) is 27.7. The van der Waals surface area contributed by atoms with E-state index >= 15 is 0 Å². The van der Waals surface area contributed by atoms with Crippen LogP contribution in [-0.4, -0.2) is 36.2 Å². The van der Waals surface area contributed by atoms with Crippen LogP contribution in [-0.2, 0) is 14.4 Å². The summed E-state index contributed by atoms with van der Waals surface area (Å²) in [6.45, 7) is 0.491. The van der Waals surface area contributed by atoms with Crippen molar-refractivity contribution in [2.45, 2.75) is 25.7 Å². The molecule has 5 heteroatoms. The molecule has 0 bridgehead atoms. The van der Waals surface area contributed by atoms with E-state index in [9.17, 15) is 14.4 Å². The molecular formula is C13H18N2O3. The summed E-state index contributed by atoms with van der Waals surface area (Å²) in [5.41, 5.74) is 0. The second-order valence-corrected chi connectivity index (χ2v) is 4.95. The van der Waals surface area contributed by atoms with E-state index in [4.69, 9.17) is 0 Å². The molecule has 2 rings (SSSR count). The SMILES string of the molecule is CNC(=O)C1CCC(CN2C(=O)C=CC2=O)CC1.